The Morgan fingerprint density at radius 1 is 1.14 bits per heavy atom. The summed E-state index contributed by atoms with van der Waals surface area (Å²) in [5, 5.41) is 17.2. The Bertz CT molecular complexity index is 976. The minimum absolute atomic E-state index is 0.267. The average Bonchev–Trinajstić information content (AvgIpc) is 3.17. The van der Waals surface area contributed by atoms with Gasteiger partial charge in [0.15, 0.2) is 5.82 Å². The summed E-state index contributed by atoms with van der Waals surface area (Å²) in [7, 11) is 1.75. The van der Waals surface area contributed by atoms with Crippen molar-refractivity contribution < 1.29 is 9.59 Å². The molecule has 0 bridgehead atoms. The van der Waals surface area contributed by atoms with E-state index in [9.17, 15) is 9.59 Å². The van der Waals surface area contributed by atoms with Crippen LogP contribution >= 0.6 is 11.8 Å². The molecule has 150 valence electrons. The SMILES string of the molecule is CSCC[C@@H](NC(=O)c1ccccc1)C(=O)Nc1cccc(-c2nnnn2C)c1. The summed E-state index contributed by atoms with van der Waals surface area (Å²) < 4.78 is 1.56. The van der Waals surface area contributed by atoms with Gasteiger partial charge in [-0.1, -0.05) is 30.3 Å². The highest BCUT2D eigenvalue weighted by atomic mass is 32.2. The maximum absolute atomic E-state index is 12.9. The molecule has 3 rings (SSSR count). The quantitative estimate of drug-likeness (QED) is 0.591. The lowest BCUT2D eigenvalue weighted by Gasteiger charge is -2.18. The summed E-state index contributed by atoms with van der Waals surface area (Å²) in [5.74, 6) is 0.803. The molecule has 0 radical (unpaired) electrons. The number of rotatable bonds is 8. The highest BCUT2D eigenvalue weighted by molar-refractivity contribution is 7.98. The zero-order valence-corrected chi connectivity index (χ0v) is 17.0. The van der Waals surface area contributed by atoms with Crippen LogP contribution in [-0.2, 0) is 11.8 Å². The molecule has 0 saturated heterocycles. The van der Waals surface area contributed by atoms with Crippen molar-refractivity contribution in [1.82, 2.24) is 25.5 Å². The number of benzene rings is 2. The van der Waals surface area contributed by atoms with Gasteiger partial charge in [-0.3, -0.25) is 9.59 Å². The number of nitrogens with zero attached hydrogens (tertiary/aromatic N) is 4. The van der Waals surface area contributed by atoms with Gasteiger partial charge in [0.1, 0.15) is 6.04 Å². The van der Waals surface area contributed by atoms with E-state index >= 15 is 0 Å². The van der Waals surface area contributed by atoms with Crippen molar-refractivity contribution in [2.45, 2.75) is 12.5 Å². The van der Waals surface area contributed by atoms with Crippen LogP contribution in [0.3, 0.4) is 0 Å². The molecule has 8 nitrogen and oxygen atoms in total. The van der Waals surface area contributed by atoms with Gasteiger partial charge in [-0.05, 0) is 53.1 Å². The summed E-state index contributed by atoms with van der Waals surface area (Å²) in [4.78, 5) is 25.4. The first kappa shape index (κ1) is 20.5. The third kappa shape index (κ3) is 5.41. The van der Waals surface area contributed by atoms with E-state index in [1.165, 1.54) is 0 Å². The smallest absolute Gasteiger partial charge is 0.251 e. The lowest BCUT2D eigenvalue weighted by molar-refractivity contribution is -0.118. The molecule has 2 aromatic carbocycles. The van der Waals surface area contributed by atoms with Crippen molar-refractivity contribution in [3.8, 4) is 11.4 Å². The van der Waals surface area contributed by atoms with Crippen LogP contribution < -0.4 is 10.6 Å². The van der Waals surface area contributed by atoms with Gasteiger partial charge < -0.3 is 10.6 Å². The molecular formula is C20H22N6O2S. The summed E-state index contributed by atoms with van der Waals surface area (Å²) in [6.07, 6.45) is 2.49. The predicted octanol–water partition coefficient (Wildman–Crippen LogP) is 2.37. The fourth-order valence-electron chi connectivity index (χ4n) is 2.78. The fourth-order valence-corrected chi connectivity index (χ4v) is 3.25. The van der Waals surface area contributed by atoms with Crippen molar-refractivity contribution in [3.05, 3.63) is 60.2 Å². The normalized spacial score (nSPS) is 11.7. The fraction of sp³-hybridized carbons (Fsp3) is 0.250. The van der Waals surface area contributed by atoms with Crippen LogP contribution in [0.2, 0.25) is 0 Å². The Labute approximate surface area is 173 Å². The number of aryl methyl sites for hydroxylation is 1. The predicted molar refractivity (Wildman–Crippen MR) is 114 cm³/mol. The summed E-state index contributed by atoms with van der Waals surface area (Å²) in [6, 6.07) is 15.5. The van der Waals surface area contributed by atoms with Crippen LogP contribution in [0, 0.1) is 0 Å². The number of hydrogen-bond donors (Lipinski definition) is 2. The number of amides is 2. The van der Waals surface area contributed by atoms with E-state index in [1.54, 1.807) is 59.9 Å². The van der Waals surface area contributed by atoms with Crippen LogP contribution in [0.4, 0.5) is 5.69 Å². The number of thioether (sulfide) groups is 1. The number of tetrazole rings is 1. The van der Waals surface area contributed by atoms with Gasteiger partial charge in [-0.25, -0.2) is 4.68 Å². The zero-order valence-electron chi connectivity index (χ0n) is 16.2. The second kappa shape index (κ2) is 9.83. The third-order valence-corrected chi connectivity index (χ3v) is 4.92. The van der Waals surface area contributed by atoms with Crippen LogP contribution in [0.15, 0.2) is 54.6 Å². The maximum atomic E-state index is 12.9. The van der Waals surface area contributed by atoms with Gasteiger partial charge in [0.05, 0.1) is 0 Å². The topological polar surface area (TPSA) is 102 Å². The van der Waals surface area contributed by atoms with Gasteiger partial charge in [-0.15, -0.1) is 5.10 Å². The average molecular weight is 411 g/mol. The number of nitrogens with one attached hydrogen (secondary N) is 2. The molecule has 0 spiro atoms. The molecule has 29 heavy (non-hydrogen) atoms. The molecule has 0 saturated carbocycles. The van der Waals surface area contributed by atoms with Gasteiger partial charge in [0.25, 0.3) is 5.91 Å². The number of anilines is 1. The highest BCUT2D eigenvalue weighted by Crippen LogP contribution is 2.20. The lowest BCUT2D eigenvalue weighted by Crippen LogP contribution is -2.44. The monoisotopic (exact) mass is 410 g/mol. The maximum Gasteiger partial charge on any atom is 0.251 e. The van der Waals surface area contributed by atoms with Crippen LogP contribution in [0.1, 0.15) is 16.8 Å². The van der Waals surface area contributed by atoms with E-state index in [1.807, 2.05) is 24.5 Å². The van der Waals surface area contributed by atoms with Gasteiger partial charge in [0, 0.05) is 23.9 Å². The summed E-state index contributed by atoms with van der Waals surface area (Å²) >= 11 is 1.62. The van der Waals surface area contributed by atoms with Gasteiger partial charge in [0.2, 0.25) is 5.91 Å². The molecule has 2 N–H and O–H groups in total. The molecule has 0 aliphatic carbocycles. The molecular weight excluding hydrogens is 388 g/mol. The lowest BCUT2D eigenvalue weighted by atomic mass is 10.1. The molecule has 9 heteroatoms. The van der Waals surface area contributed by atoms with Crippen molar-refractivity contribution in [2.24, 2.45) is 7.05 Å². The highest BCUT2D eigenvalue weighted by Gasteiger charge is 2.21. The molecule has 1 heterocycles. The minimum atomic E-state index is -0.643. The number of aromatic nitrogens is 4. The zero-order chi connectivity index (χ0) is 20.6. The van der Waals surface area contributed by atoms with Crippen LogP contribution in [-0.4, -0.2) is 50.1 Å². The molecule has 0 aliphatic rings. The van der Waals surface area contributed by atoms with E-state index in [2.05, 4.69) is 26.2 Å². The van der Waals surface area contributed by atoms with E-state index in [0.717, 1.165) is 11.3 Å². The van der Waals surface area contributed by atoms with Crippen molar-refractivity contribution in [3.63, 3.8) is 0 Å². The number of carbonyl (C=O) groups is 2. The Morgan fingerprint density at radius 3 is 2.62 bits per heavy atom. The third-order valence-electron chi connectivity index (χ3n) is 4.28. The molecule has 2 amide bonds. The van der Waals surface area contributed by atoms with Crippen molar-refractivity contribution in [2.75, 3.05) is 17.3 Å². The Balaban J connectivity index is 1.73. The van der Waals surface area contributed by atoms with E-state index < -0.39 is 6.04 Å². The second-order valence-electron chi connectivity index (χ2n) is 6.37. The van der Waals surface area contributed by atoms with Crippen LogP contribution in [0.5, 0.6) is 0 Å². The summed E-state index contributed by atoms with van der Waals surface area (Å²) in [6.45, 7) is 0. The van der Waals surface area contributed by atoms with E-state index in [-0.39, 0.29) is 11.8 Å². The number of hydrogen-bond acceptors (Lipinski definition) is 6. The molecule has 3 aromatic rings. The molecule has 1 atom stereocenters. The van der Waals surface area contributed by atoms with E-state index in [0.29, 0.717) is 23.5 Å². The second-order valence-corrected chi connectivity index (χ2v) is 7.36. The van der Waals surface area contributed by atoms with E-state index in [4.69, 9.17) is 0 Å². The molecule has 0 fully saturated rings. The van der Waals surface area contributed by atoms with Gasteiger partial charge >= 0.3 is 0 Å². The Hall–Kier alpha value is -3.20. The number of carbonyl (C=O) groups excluding carboxylic acids is 2. The Kier molecular flexibility index (Phi) is 6.96. The first-order valence-corrected chi connectivity index (χ1v) is 10.5. The summed E-state index contributed by atoms with van der Waals surface area (Å²) in [5.41, 5.74) is 1.91. The Morgan fingerprint density at radius 2 is 1.93 bits per heavy atom. The van der Waals surface area contributed by atoms with Crippen molar-refractivity contribution >= 4 is 29.3 Å². The first-order valence-electron chi connectivity index (χ1n) is 9.07. The largest absolute Gasteiger partial charge is 0.340 e. The first-order chi connectivity index (χ1) is 14.1. The van der Waals surface area contributed by atoms with Crippen LogP contribution in [0.25, 0.3) is 11.4 Å². The van der Waals surface area contributed by atoms with Gasteiger partial charge in [-0.2, -0.15) is 11.8 Å². The standard InChI is InChI=1S/C20H22N6O2S/c1-26-18(23-24-25-26)15-9-6-10-16(13-15)21-20(28)17(11-12-29-2)22-19(27)14-7-4-3-5-8-14/h3-10,13,17H,11-12H2,1-2H3,(H,21,28)(H,22,27)/t17-/m1/s1. The molecule has 0 aliphatic heterocycles. The molecule has 1 aromatic heterocycles. The molecule has 0 unspecified atom stereocenters. The minimum Gasteiger partial charge on any atom is -0.340 e. The van der Waals surface area contributed by atoms with Crippen molar-refractivity contribution in [1.29, 1.82) is 0 Å².